The molecule has 14 heteroatoms. The fourth-order valence-corrected chi connectivity index (χ4v) is 3.93. The molecule has 1 aliphatic rings. The second-order valence-electron chi connectivity index (χ2n) is 7.89. The number of carbonyl (C=O) groups is 2. The maximum absolute atomic E-state index is 14.2. The lowest BCUT2D eigenvalue weighted by atomic mass is 9.86. The Balaban J connectivity index is 1.81. The fourth-order valence-electron chi connectivity index (χ4n) is 3.41. The highest BCUT2D eigenvalue weighted by Crippen LogP contribution is 2.49. The number of oxime groups is 1. The van der Waals surface area contributed by atoms with Crippen molar-refractivity contribution in [2.75, 3.05) is 13.1 Å². The average molecular weight is 556 g/mol. The smallest absolute Gasteiger partial charge is 0.374 e. The van der Waals surface area contributed by atoms with Crippen molar-refractivity contribution in [3.63, 3.8) is 0 Å². The molecule has 0 bridgehead atoms. The van der Waals surface area contributed by atoms with Gasteiger partial charge in [0.1, 0.15) is 6.54 Å². The maximum Gasteiger partial charge on any atom is 0.435 e. The number of nitrogens with one attached hydrogen (secondary N) is 2. The van der Waals surface area contributed by atoms with Crippen molar-refractivity contribution in [1.82, 2.24) is 10.6 Å². The monoisotopic (exact) mass is 555 g/mol. The zero-order valence-electron chi connectivity index (χ0n) is 18.3. The van der Waals surface area contributed by atoms with Gasteiger partial charge in [0, 0.05) is 33.2 Å². The second-order valence-corrected chi connectivity index (χ2v) is 8.77. The summed E-state index contributed by atoms with van der Waals surface area (Å²) in [5.41, 5.74) is -2.85. The van der Waals surface area contributed by atoms with Crippen LogP contribution in [0, 0.1) is 6.92 Å². The molecule has 0 spiro atoms. The normalized spacial score (nSPS) is 17.9. The number of aryl methyl sites for hydroxylation is 1. The first-order valence-electron chi connectivity index (χ1n) is 10.1. The van der Waals surface area contributed by atoms with Gasteiger partial charge in [-0.05, 0) is 36.8 Å². The van der Waals surface area contributed by atoms with E-state index in [-0.39, 0.29) is 32.4 Å². The molecule has 3 rings (SSSR count). The minimum atomic E-state index is -4.92. The van der Waals surface area contributed by atoms with E-state index in [0.29, 0.717) is 5.56 Å². The third kappa shape index (κ3) is 6.22. The zero-order valence-corrected chi connectivity index (χ0v) is 19.8. The van der Waals surface area contributed by atoms with Gasteiger partial charge < -0.3 is 15.5 Å². The summed E-state index contributed by atoms with van der Waals surface area (Å²) in [7, 11) is 0. The van der Waals surface area contributed by atoms with Crippen LogP contribution in [0.5, 0.6) is 0 Å². The second kappa shape index (κ2) is 10.2. The molecule has 0 saturated carbocycles. The van der Waals surface area contributed by atoms with Gasteiger partial charge in [-0.15, -0.1) is 0 Å². The van der Waals surface area contributed by atoms with E-state index in [2.05, 4.69) is 10.5 Å². The zero-order chi connectivity index (χ0) is 26.9. The quantitative estimate of drug-likeness (QED) is 0.475. The Kier molecular flexibility index (Phi) is 7.80. The number of hydrogen-bond donors (Lipinski definition) is 2. The summed E-state index contributed by atoms with van der Waals surface area (Å²) in [4.78, 5) is 29.0. The number of nitrogens with zero attached hydrogens (tertiary/aromatic N) is 1. The van der Waals surface area contributed by atoms with E-state index in [9.17, 15) is 35.9 Å². The number of hydrogen-bond acceptors (Lipinski definition) is 4. The number of benzene rings is 2. The molecule has 1 atom stereocenters. The highest BCUT2D eigenvalue weighted by atomic mass is 35.5. The van der Waals surface area contributed by atoms with E-state index < -0.39 is 49.3 Å². The molecule has 194 valence electrons. The molecule has 2 amide bonds. The fraction of sp³-hybridized carbons (Fsp3) is 0.318. The van der Waals surface area contributed by atoms with Gasteiger partial charge in [0.15, 0.2) is 0 Å². The Hall–Kier alpha value is -2.99. The summed E-state index contributed by atoms with van der Waals surface area (Å²) in [6, 6.07) is 7.52. The van der Waals surface area contributed by atoms with Crippen molar-refractivity contribution in [2.45, 2.75) is 31.3 Å². The lowest BCUT2D eigenvalue weighted by Gasteiger charge is -2.29. The van der Waals surface area contributed by atoms with E-state index >= 15 is 0 Å². The molecule has 0 fully saturated rings. The van der Waals surface area contributed by atoms with E-state index in [0.717, 1.165) is 12.1 Å². The van der Waals surface area contributed by atoms with E-state index in [1.54, 1.807) is 5.32 Å². The van der Waals surface area contributed by atoms with Crippen LogP contribution in [0.4, 0.5) is 26.3 Å². The molecule has 6 nitrogen and oxygen atoms in total. The van der Waals surface area contributed by atoms with Gasteiger partial charge in [0.05, 0.1) is 12.3 Å². The summed E-state index contributed by atoms with van der Waals surface area (Å²) in [5.74, 6) is -1.89. The minimum Gasteiger partial charge on any atom is -0.374 e. The molecule has 1 aliphatic heterocycles. The SMILES string of the molecule is Cc1ccc(C2=NO[C@@](c3cc(Cl)cc(Cl)c3)(C(F)(F)F)C2)cc1C(=O)NCC(=O)NCC(F)(F)F. The van der Waals surface area contributed by atoms with Gasteiger partial charge >= 0.3 is 12.4 Å². The van der Waals surface area contributed by atoms with E-state index in [1.165, 1.54) is 31.2 Å². The summed E-state index contributed by atoms with van der Waals surface area (Å²) in [6.07, 6.45) is -10.3. The summed E-state index contributed by atoms with van der Waals surface area (Å²) < 4.78 is 79.1. The van der Waals surface area contributed by atoms with Crippen LogP contribution in [0.3, 0.4) is 0 Å². The summed E-state index contributed by atoms with van der Waals surface area (Å²) in [5, 5.41) is 7.33. The van der Waals surface area contributed by atoms with Crippen LogP contribution in [0.1, 0.15) is 33.5 Å². The van der Waals surface area contributed by atoms with Crippen LogP contribution in [-0.2, 0) is 15.2 Å². The van der Waals surface area contributed by atoms with Crippen molar-refractivity contribution < 1.29 is 40.8 Å². The van der Waals surface area contributed by atoms with Crippen LogP contribution in [0.25, 0.3) is 0 Å². The summed E-state index contributed by atoms with van der Waals surface area (Å²) in [6.45, 7) is -0.770. The summed E-state index contributed by atoms with van der Waals surface area (Å²) >= 11 is 11.8. The Morgan fingerprint density at radius 3 is 2.25 bits per heavy atom. The molecule has 0 unspecified atom stereocenters. The highest BCUT2D eigenvalue weighted by Gasteiger charge is 2.62. The lowest BCUT2D eigenvalue weighted by Crippen LogP contribution is -2.42. The minimum absolute atomic E-state index is 0.0193. The lowest BCUT2D eigenvalue weighted by molar-refractivity contribution is -0.275. The molecular weight excluding hydrogens is 539 g/mol. The third-order valence-electron chi connectivity index (χ3n) is 5.23. The van der Waals surface area contributed by atoms with Gasteiger partial charge in [-0.25, -0.2) is 0 Å². The molecule has 0 aliphatic carbocycles. The maximum atomic E-state index is 14.2. The molecule has 0 radical (unpaired) electrons. The molecule has 36 heavy (non-hydrogen) atoms. The standard InChI is InChI=1S/C22H17Cl2F6N3O3/c1-11-2-3-12(4-16(11)19(35)31-9-18(34)32-10-21(25,26)27)17-8-20(36-33-17,22(28,29)30)13-5-14(23)7-15(24)6-13/h2-7H,8-10H2,1H3,(H,31,35)(H,32,34)/t20-/m0/s1. The molecule has 2 aromatic carbocycles. The Labute approximate surface area is 210 Å². The Morgan fingerprint density at radius 2 is 1.67 bits per heavy atom. The first-order chi connectivity index (χ1) is 16.6. The van der Waals surface area contributed by atoms with Crippen molar-refractivity contribution >= 4 is 40.7 Å². The first-order valence-corrected chi connectivity index (χ1v) is 10.9. The molecular formula is C22H17Cl2F6N3O3. The molecule has 2 aromatic rings. The van der Waals surface area contributed by atoms with Gasteiger partial charge in [-0.1, -0.05) is 40.5 Å². The number of alkyl halides is 6. The highest BCUT2D eigenvalue weighted by molar-refractivity contribution is 6.34. The van der Waals surface area contributed by atoms with Gasteiger partial charge in [-0.2, -0.15) is 26.3 Å². The van der Waals surface area contributed by atoms with Gasteiger partial charge in [-0.3, -0.25) is 9.59 Å². The van der Waals surface area contributed by atoms with Crippen molar-refractivity contribution in [1.29, 1.82) is 0 Å². The third-order valence-corrected chi connectivity index (χ3v) is 5.66. The van der Waals surface area contributed by atoms with Crippen LogP contribution in [0.15, 0.2) is 41.6 Å². The number of amides is 2. The largest absolute Gasteiger partial charge is 0.435 e. The van der Waals surface area contributed by atoms with Crippen LogP contribution in [-0.4, -0.2) is 43.0 Å². The van der Waals surface area contributed by atoms with Crippen molar-refractivity contribution in [2.24, 2.45) is 5.16 Å². The number of rotatable bonds is 6. The Bertz CT molecular complexity index is 1200. The van der Waals surface area contributed by atoms with Gasteiger partial charge in [0.25, 0.3) is 11.5 Å². The van der Waals surface area contributed by atoms with Crippen molar-refractivity contribution in [3.05, 3.63) is 68.7 Å². The average Bonchev–Trinajstić information content (AvgIpc) is 3.22. The van der Waals surface area contributed by atoms with Crippen LogP contribution < -0.4 is 10.6 Å². The van der Waals surface area contributed by atoms with Gasteiger partial charge in [0.2, 0.25) is 5.91 Å². The van der Waals surface area contributed by atoms with Crippen LogP contribution in [0.2, 0.25) is 10.0 Å². The first kappa shape index (κ1) is 27.6. The molecule has 0 aromatic heterocycles. The number of carbonyl (C=O) groups excluding carboxylic acids is 2. The number of halogens is 8. The topological polar surface area (TPSA) is 79.8 Å². The Morgan fingerprint density at radius 1 is 1.03 bits per heavy atom. The van der Waals surface area contributed by atoms with Crippen LogP contribution >= 0.6 is 23.2 Å². The van der Waals surface area contributed by atoms with Crippen molar-refractivity contribution in [3.8, 4) is 0 Å². The predicted molar refractivity (Wildman–Crippen MR) is 119 cm³/mol. The van der Waals surface area contributed by atoms with E-state index in [4.69, 9.17) is 28.0 Å². The predicted octanol–water partition coefficient (Wildman–Crippen LogP) is 5.29. The van der Waals surface area contributed by atoms with E-state index in [1.807, 2.05) is 0 Å². The molecule has 1 heterocycles. The molecule has 0 saturated heterocycles. The molecule has 2 N–H and O–H groups in total.